The molecule has 1 N–H and O–H groups in total. The number of hydrogen-bond donors (Lipinski definition) is 1. The summed E-state index contributed by atoms with van der Waals surface area (Å²) in [6, 6.07) is 4.92. The van der Waals surface area contributed by atoms with Gasteiger partial charge in [-0.25, -0.2) is 0 Å². The Hall–Kier alpha value is -2.75. The molecule has 1 fully saturated rings. The molecule has 1 saturated carbocycles. The average molecular weight is 399 g/mol. The maximum Gasteiger partial charge on any atom is 0.306 e. The van der Waals surface area contributed by atoms with Gasteiger partial charge in [-0.3, -0.25) is 19.4 Å². The van der Waals surface area contributed by atoms with Crippen LogP contribution >= 0.6 is 0 Å². The molecule has 1 heterocycles. The third-order valence-corrected chi connectivity index (χ3v) is 5.09. The highest BCUT2D eigenvalue weighted by Crippen LogP contribution is 2.26. The number of esters is 1. The van der Waals surface area contributed by atoms with E-state index in [2.05, 4.69) is 16.4 Å². The molecule has 1 amide bonds. The smallest absolute Gasteiger partial charge is 0.306 e. The van der Waals surface area contributed by atoms with E-state index in [1.165, 1.54) is 0 Å². The lowest BCUT2D eigenvalue weighted by atomic mass is 9.92. The van der Waals surface area contributed by atoms with Crippen LogP contribution in [0.1, 0.15) is 57.9 Å². The zero-order valence-electron chi connectivity index (χ0n) is 17.1. The summed E-state index contributed by atoms with van der Waals surface area (Å²) in [7, 11) is 0. The van der Waals surface area contributed by atoms with Crippen molar-refractivity contribution in [3.05, 3.63) is 30.1 Å². The number of ketones is 1. The second-order valence-electron chi connectivity index (χ2n) is 8.03. The minimum absolute atomic E-state index is 0.0508. The summed E-state index contributed by atoms with van der Waals surface area (Å²) < 4.78 is 5.27. The molecule has 1 aromatic heterocycles. The molecule has 0 aliphatic heterocycles. The van der Waals surface area contributed by atoms with Crippen molar-refractivity contribution < 1.29 is 19.1 Å². The Kier molecular flexibility index (Phi) is 8.78. The molecular formula is C22H29N3O4. The number of ether oxygens (including phenoxy) is 1. The largest absolute Gasteiger partial charge is 0.461 e. The maximum atomic E-state index is 12.7. The first kappa shape index (κ1) is 22.5. The number of Topliss-reactive ketones (excluding diaryl/α,β-unsaturated/α-hetero) is 1. The molecule has 3 atom stereocenters. The van der Waals surface area contributed by atoms with Gasteiger partial charge in [-0.15, -0.1) is 0 Å². The lowest BCUT2D eigenvalue weighted by Crippen LogP contribution is -2.40. The summed E-state index contributed by atoms with van der Waals surface area (Å²) in [5.74, 6) is -1.17. The highest BCUT2D eigenvalue weighted by Gasteiger charge is 2.30. The Labute approximate surface area is 171 Å². The molecule has 0 aromatic carbocycles. The van der Waals surface area contributed by atoms with Gasteiger partial charge in [0, 0.05) is 36.2 Å². The van der Waals surface area contributed by atoms with Crippen LogP contribution in [0.4, 0.5) is 0 Å². The van der Waals surface area contributed by atoms with Gasteiger partial charge in [-0.1, -0.05) is 19.9 Å². The Morgan fingerprint density at radius 1 is 1.41 bits per heavy atom. The van der Waals surface area contributed by atoms with Gasteiger partial charge in [0.05, 0.1) is 12.5 Å². The van der Waals surface area contributed by atoms with Crippen molar-refractivity contribution in [3.63, 3.8) is 0 Å². The van der Waals surface area contributed by atoms with E-state index in [-0.39, 0.29) is 36.6 Å². The third-order valence-electron chi connectivity index (χ3n) is 5.09. The Morgan fingerprint density at radius 2 is 2.21 bits per heavy atom. The summed E-state index contributed by atoms with van der Waals surface area (Å²) in [5.41, 5.74) is 0.775. The number of rotatable bonds is 10. The van der Waals surface area contributed by atoms with E-state index >= 15 is 0 Å². The predicted octanol–water partition coefficient (Wildman–Crippen LogP) is 2.94. The molecule has 0 spiro atoms. The van der Waals surface area contributed by atoms with Crippen LogP contribution in [0, 0.1) is 29.1 Å². The van der Waals surface area contributed by atoms with Crippen molar-refractivity contribution in [2.24, 2.45) is 17.8 Å². The van der Waals surface area contributed by atoms with Crippen LogP contribution in [0.25, 0.3) is 0 Å². The number of aromatic nitrogens is 1. The standard InChI is InChI=1S/C22H29N3O4/c1-15(2)9-18(11-21(27)29-14-16-5-4-8-24-13-16)22(28)25-19(12-23)10-17-6-3-7-20(17)26/h4-5,8,13,15,17-19H,3,6-7,9-11,14H2,1-2H3,(H,25,28)/t17-,18+,19-/m0/s1. The summed E-state index contributed by atoms with van der Waals surface area (Å²) in [5, 5.41) is 12.1. The summed E-state index contributed by atoms with van der Waals surface area (Å²) >= 11 is 0. The van der Waals surface area contributed by atoms with Crippen molar-refractivity contribution >= 4 is 17.7 Å². The van der Waals surface area contributed by atoms with Crippen LogP contribution in [0.15, 0.2) is 24.5 Å². The molecule has 0 radical (unpaired) electrons. The highest BCUT2D eigenvalue weighted by molar-refractivity contribution is 5.85. The quantitative estimate of drug-likeness (QED) is 0.606. The molecule has 0 unspecified atom stereocenters. The van der Waals surface area contributed by atoms with Gasteiger partial charge in [-0.05, 0) is 37.7 Å². The van der Waals surface area contributed by atoms with Gasteiger partial charge in [0.25, 0.3) is 0 Å². The van der Waals surface area contributed by atoms with Gasteiger partial charge in [0.15, 0.2) is 0 Å². The van der Waals surface area contributed by atoms with E-state index < -0.39 is 17.9 Å². The molecule has 7 heteroatoms. The molecule has 1 aliphatic rings. The molecule has 7 nitrogen and oxygen atoms in total. The monoisotopic (exact) mass is 399 g/mol. The lowest BCUT2D eigenvalue weighted by molar-refractivity contribution is -0.148. The van der Waals surface area contributed by atoms with E-state index in [9.17, 15) is 19.6 Å². The normalized spacial score (nSPS) is 18.1. The number of hydrogen-bond acceptors (Lipinski definition) is 6. The molecule has 156 valence electrons. The minimum atomic E-state index is -0.726. The molecular weight excluding hydrogens is 370 g/mol. The zero-order valence-corrected chi connectivity index (χ0v) is 17.1. The third kappa shape index (κ3) is 7.65. The SMILES string of the molecule is CC(C)C[C@H](CC(=O)OCc1cccnc1)C(=O)N[C@H](C#N)C[C@@H]1CCCC1=O. The summed E-state index contributed by atoms with van der Waals surface area (Å²) in [6.45, 7) is 4.05. The van der Waals surface area contributed by atoms with E-state index in [1.54, 1.807) is 24.5 Å². The zero-order chi connectivity index (χ0) is 21.2. The van der Waals surface area contributed by atoms with Crippen LogP contribution in [0.2, 0.25) is 0 Å². The average Bonchev–Trinajstić information content (AvgIpc) is 3.10. The molecule has 1 aromatic rings. The number of nitrogens with zero attached hydrogens (tertiary/aromatic N) is 2. The number of carbonyl (C=O) groups is 3. The van der Waals surface area contributed by atoms with Gasteiger partial charge >= 0.3 is 5.97 Å². The number of carbonyl (C=O) groups excluding carboxylic acids is 3. The van der Waals surface area contributed by atoms with Crippen LogP contribution in [-0.2, 0) is 25.7 Å². The fourth-order valence-corrected chi connectivity index (χ4v) is 3.61. The number of amides is 1. The number of nitrogens with one attached hydrogen (secondary N) is 1. The van der Waals surface area contributed by atoms with Crippen LogP contribution in [0.5, 0.6) is 0 Å². The van der Waals surface area contributed by atoms with Gasteiger partial charge in [0.2, 0.25) is 5.91 Å². The first-order valence-corrected chi connectivity index (χ1v) is 10.2. The van der Waals surface area contributed by atoms with Crippen molar-refractivity contribution in [3.8, 4) is 6.07 Å². The molecule has 0 bridgehead atoms. The van der Waals surface area contributed by atoms with Crippen molar-refractivity contribution in [2.75, 3.05) is 0 Å². The Bertz CT molecular complexity index is 742. The molecule has 29 heavy (non-hydrogen) atoms. The molecule has 0 saturated heterocycles. The molecule has 2 rings (SSSR count). The molecule has 1 aliphatic carbocycles. The van der Waals surface area contributed by atoms with E-state index in [4.69, 9.17) is 4.74 Å². The van der Waals surface area contributed by atoms with Crippen molar-refractivity contribution in [2.45, 2.75) is 65.0 Å². The van der Waals surface area contributed by atoms with E-state index in [0.29, 0.717) is 19.3 Å². The van der Waals surface area contributed by atoms with Crippen LogP contribution in [-0.4, -0.2) is 28.7 Å². The Balaban J connectivity index is 1.91. The highest BCUT2D eigenvalue weighted by atomic mass is 16.5. The Morgan fingerprint density at radius 3 is 2.79 bits per heavy atom. The van der Waals surface area contributed by atoms with Gasteiger partial charge < -0.3 is 10.1 Å². The first-order chi connectivity index (χ1) is 13.9. The summed E-state index contributed by atoms with van der Waals surface area (Å²) in [4.78, 5) is 40.8. The second-order valence-corrected chi connectivity index (χ2v) is 8.03. The fraction of sp³-hybridized carbons (Fsp3) is 0.591. The lowest BCUT2D eigenvalue weighted by Gasteiger charge is -2.21. The van der Waals surface area contributed by atoms with E-state index in [0.717, 1.165) is 18.4 Å². The van der Waals surface area contributed by atoms with Crippen molar-refractivity contribution in [1.82, 2.24) is 10.3 Å². The number of pyridine rings is 1. The second kappa shape index (κ2) is 11.3. The van der Waals surface area contributed by atoms with Crippen molar-refractivity contribution in [1.29, 1.82) is 5.26 Å². The number of nitriles is 1. The van der Waals surface area contributed by atoms with Gasteiger partial charge in [0.1, 0.15) is 18.4 Å². The van der Waals surface area contributed by atoms with E-state index in [1.807, 2.05) is 13.8 Å². The summed E-state index contributed by atoms with van der Waals surface area (Å²) in [6.07, 6.45) is 6.21. The first-order valence-electron chi connectivity index (χ1n) is 10.2. The van der Waals surface area contributed by atoms with Crippen LogP contribution in [0.3, 0.4) is 0 Å². The topological polar surface area (TPSA) is 109 Å². The predicted molar refractivity (Wildman–Crippen MR) is 106 cm³/mol. The van der Waals surface area contributed by atoms with Crippen LogP contribution < -0.4 is 5.32 Å². The maximum absolute atomic E-state index is 12.7. The van der Waals surface area contributed by atoms with Gasteiger partial charge in [-0.2, -0.15) is 5.26 Å². The minimum Gasteiger partial charge on any atom is -0.461 e. The fourth-order valence-electron chi connectivity index (χ4n) is 3.61.